The second kappa shape index (κ2) is 6.23. The summed E-state index contributed by atoms with van der Waals surface area (Å²) in [4.78, 5) is 10.4. The van der Waals surface area contributed by atoms with Crippen LogP contribution in [-0.2, 0) is 6.61 Å². The highest BCUT2D eigenvalue weighted by Gasteiger charge is 2.11. The third-order valence-corrected chi connectivity index (χ3v) is 3.18. The Morgan fingerprint density at radius 3 is 2.67 bits per heavy atom. The summed E-state index contributed by atoms with van der Waals surface area (Å²) in [6, 6.07) is 10.3. The number of nitro benzene ring substituents is 1. The van der Waals surface area contributed by atoms with Crippen LogP contribution in [0.4, 0.5) is 11.4 Å². The summed E-state index contributed by atoms with van der Waals surface area (Å²) in [5.41, 5.74) is 5.86. The van der Waals surface area contributed by atoms with Gasteiger partial charge in [-0.1, -0.05) is 12.1 Å². The van der Waals surface area contributed by atoms with Crippen molar-refractivity contribution in [1.29, 1.82) is 0 Å². The van der Waals surface area contributed by atoms with Crippen molar-refractivity contribution in [1.82, 2.24) is 0 Å². The molecule has 2 aromatic carbocycles. The number of nitrogens with two attached hydrogens (primary N) is 1. The van der Waals surface area contributed by atoms with Crippen LogP contribution in [0.2, 0.25) is 0 Å². The zero-order chi connectivity index (χ0) is 15.4. The molecule has 0 unspecified atom stereocenters. The molecule has 21 heavy (non-hydrogen) atoms. The summed E-state index contributed by atoms with van der Waals surface area (Å²) in [7, 11) is 0. The molecule has 0 bridgehead atoms. The van der Waals surface area contributed by atoms with Crippen LogP contribution in [-0.4, -0.2) is 4.92 Å². The lowest BCUT2D eigenvalue weighted by molar-refractivity contribution is -0.384. The number of ether oxygens (including phenoxy) is 1. The molecule has 3 N–H and O–H groups in total. The van der Waals surface area contributed by atoms with Crippen molar-refractivity contribution in [2.75, 3.05) is 5.43 Å². The van der Waals surface area contributed by atoms with Gasteiger partial charge in [0.1, 0.15) is 12.4 Å². The van der Waals surface area contributed by atoms with E-state index >= 15 is 0 Å². The van der Waals surface area contributed by atoms with Crippen LogP contribution in [0.5, 0.6) is 5.75 Å². The van der Waals surface area contributed by atoms with Crippen molar-refractivity contribution in [2.24, 2.45) is 5.84 Å². The fourth-order valence-electron chi connectivity index (χ4n) is 1.97. The lowest BCUT2D eigenvalue weighted by atomic mass is 10.1. The molecule has 0 atom stereocenters. The standard InChI is InChI=1S/C15H17N3O3/c1-10-3-4-11(2)15(7-10)21-9-12-8-13(18(19)20)5-6-14(12)17-16/h3-8,17H,9,16H2,1-2H3. The molecule has 6 nitrogen and oxygen atoms in total. The van der Waals surface area contributed by atoms with Crippen molar-refractivity contribution in [3.05, 3.63) is 63.2 Å². The number of hydrogen-bond acceptors (Lipinski definition) is 5. The highest BCUT2D eigenvalue weighted by molar-refractivity contribution is 5.55. The first-order chi connectivity index (χ1) is 10.0. The van der Waals surface area contributed by atoms with Crippen LogP contribution in [0, 0.1) is 24.0 Å². The van der Waals surface area contributed by atoms with E-state index in [1.54, 1.807) is 6.07 Å². The fourth-order valence-corrected chi connectivity index (χ4v) is 1.97. The van der Waals surface area contributed by atoms with Crippen LogP contribution in [0.1, 0.15) is 16.7 Å². The first kappa shape index (κ1) is 14.8. The third-order valence-electron chi connectivity index (χ3n) is 3.18. The fraction of sp³-hybridized carbons (Fsp3) is 0.200. The van der Waals surface area contributed by atoms with Gasteiger partial charge in [0.15, 0.2) is 0 Å². The van der Waals surface area contributed by atoms with E-state index in [0.29, 0.717) is 11.3 Å². The minimum absolute atomic E-state index is 0.00793. The molecule has 0 spiro atoms. The predicted molar refractivity (Wildman–Crippen MR) is 81.2 cm³/mol. The van der Waals surface area contributed by atoms with E-state index in [1.807, 2.05) is 32.0 Å². The van der Waals surface area contributed by atoms with E-state index < -0.39 is 4.92 Å². The highest BCUT2D eigenvalue weighted by atomic mass is 16.6. The topological polar surface area (TPSA) is 90.4 Å². The number of nitrogens with one attached hydrogen (secondary N) is 1. The number of anilines is 1. The average Bonchev–Trinajstić information content (AvgIpc) is 2.47. The number of nitrogen functional groups attached to an aromatic ring is 1. The molecule has 2 rings (SSSR count). The van der Waals surface area contributed by atoms with E-state index in [4.69, 9.17) is 10.6 Å². The SMILES string of the molecule is Cc1ccc(C)c(OCc2cc([N+](=O)[O-])ccc2NN)c1. The number of hydrogen-bond donors (Lipinski definition) is 2. The molecule has 110 valence electrons. The normalized spacial score (nSPS) is 10.2. The van der Waals surface area contributed by atoms with Gasteiger partial charge in [0.2, 0.25) is 0 Å². The maximum Gasteiger partial charge on any atom is 0.269 e. The van der Waals surface area contributed by atoms with E-state index in [2.05, 4.69) is 5.43 Å². The quantitative estimate of drug-likeness (QED) is 0.501. The molecule has 0 aliphatic carbocycles. The smallest absolute Gasteiger partial charge is 0.269 e. The van der Waals surface area contributed by atoms with Gasteiger partial charge in [-0.15, -0.1) is 0 Å². The zero-order valence-corrected chi connectivity index (χ0v) is 11.9. The Balaban J connectivity index is 2.24. The summed E-state index contributed by atoms with van der Waals surface area (Å²) in [5, 5.41) is 10.8. The maximum atomic E-state index is 10.8. The van der Waals surface area contributed by atoms with Gasteiger partial charge in [0.05, 0.1) is 10.6 Å². The van der Waals surface area contributed by atoms with Crippen molar-refractivity contribution in [3.63, 3.8) is 0 Å². The van der Waals surface area contributed by atoms with Crippen molar-refractivity contribution < 1.29 is 9.66 Å². The number of aryl methyl sites for hydroxylation is 2. The summed E-state index contributed by atoms with van der Waals surface area (Å²) >= 11 is 0. The second-order valence-electron chi connectivity index (χ2n) is 4.80. The Morgan fingerprint density at radius 2 is 2.00 bits per heavy atom. The van der Waals surface area contributed by atoms with Gasteiger partial charge in [0.25, 0.3) is 5.69 Å². The van der Waals surface area contributed by atoms with Crippen LogP contribution < -0.4 is 16.0 Å². The van der Waals surface area contributed by atoms with Gasteiger partial charge < -0.3 is 10.2 Å². The Hall–Kier alpha value is -2.60. The van der Waals surface area contributed by atoms with Crippen LogP contribution in [0.25, 0.3) is 0 Å². The molecular weight excluding hydrogens is 270 g/mol. The lowest BCUT2D eigenvalue weighted by Crippen LogP contribution is -2.11. The Labute approximate surface area is 122 Å². The van der Waals surface area contributed by atoms with Crippen LogP contribution in [0.15, 0.2) is 36.4 Å². The average molecular weight is 287 g/mol. The first-order valence-corrected chi connectivity index (χ1v) is 6.45. The maximum absolute atomic E-state index is 10.8. The number of benzene rings is 2. The van der Waals surface area contributed by atoms with Gasteiger partial charge in [-0.05, 0) is 37.1 Å². The minimum Gasteiger partial charge on any atom is -0.489 e. The highest BCUT2D eigenvalue weighted by Crippen LogP contribution is 2.25. The number of hydrazine groups is 1. The molecule has 0 radical (unpaired) electrons. The van der Waals surface area contributed by atoms with Crippen LogP contribution in [0.3, 0.4) is 0 Å². The molecule has 0 fully saturated rings. The Morgan fingerprint density at radius 1 is 1.24 bits per heavy atom. The summed E-state index contributed by atoms with van der Waals surface area (Å²) in [6.07, 6.45) is 0. The zero-order valence-electron chi connectivity index (χ0n) is 11.9. The molecular formula is C15H17N3O3. The van der Waals surface area contributed by atoms with Gasteiger partial charge in [-0.2, -0.15) is 0 Å². The van der Waals surface area contributed by atoms with E-state index in [1.165, 1.54) is 12.1 Å². The predicted octanol–water partition coefficient (Wildman–Crippen LogP) is 3.08. The minimum atomic E-state index is -0.443. The molecule has 0 aliphatic heterocycles. The molecule has 0 aromatic heterocycles. The molecule has 0 saturated heterocycles. The molecule has 0 heterocycles. The van der Waals surface area contributed by atoms with E-state index in [9.17, 15) is 10.1 Å². The Bertz CT molecular complexity index is 671. The largest absolute Gasteiger partial charge is 0.489 e. The number of nitro groups is 1. The van der Waals surface area contributed by atoms with E-state index in [0.717, 1.165) is 16.9 Å². The monoisotopic (exact) mass is 287 g/mol. The van der Waals surface area contributed by atoms with Crippen molar-refractivity contribution in [3.8, 4) is 5.75 Å². The number of non-ortho nitro benzene ring substituents is 1. The van der Waals surface area contributed by atoms with Crippen LogP contribution >= 0.6 is 0 Å². The van der Waals surface area contributed by atoms with Gasteiger partial charge in [0, 0.05) is 17.7 Å². The molecule has 2 aromatic rings. The Kier molecular flexibility index (Phi) is 4.39. The number of rotatable bonds is 5. The summed E-state index contributed by atoms with van der Waals surface area (Å²) in [5.74, 6) is 6.18. The third kappa shape index (κ3) is 3.49. The van der Waals surface area contributed by atoms with Gasteiger partial charge >= 0.3 is 0 Å². The molecule has 6 heteroatoms. The lowest BCUT2D eigenvalue weighted by Gasteiger charge is -2.12. The second-order valence-corrected chi connectivity index (χ2v) is 4.80. The van der Waals surface area contributed by atoms with Gasteiger partial charge in [-0.25, -0.2) is 0 Å². The summed E-state index contributed by atoms with van der Waals surface area (Å²) in [6.45, 7) is 4.13. The molecule has 0 aliphatic rings. The molecule has 0 amide bonds. The number of nitrogens with zero attached hydrogens (tertiary/aromatic N) is 1. The molecule has 0 saturated carbocycles. The van der Waals surface area contributed by atoms with Gasteiger partial charge in [-0.3, -0.25) is 16.0 Å². The van der Waals surface area contributed by atoms with Crippen molar-refractivity contribution >= 4 is 11.4 Å². The summed E-state index contributed by atoms with van der Waals surface area (Å²) < 4.78 is 5.76. The van der Waals surface area contributed by atoms with Crippen molar-refractivity contribution in [2.45, 2.75) is 20.5 Å². The first-order valence-electron chi connectivity index (χ1n) is 6.45. The van der Waals surface area contributed by atoms with E-state index in [-0.39, 0.29) is 12.3 Å².